The molecular formula is C22H28ClN5O4. The highest BCUT2D eigenvalue weighted by molar-refractivity contribution is 6.32. The number of ether oxygens (including phenoxy) is 2. The Morgan fingerprint density at radius 2 is 2.00 bits per heavy atom. The molecule has 0 radical (unpaired) electrons. The Kier molecular flexibility index (Phi) is 7.16. The second-order valence-corrected chi connectivity index (χ2v) is 8.57. The maximum absolute atomic E-state index is 12.8. The molecule has 2 aromatic rings. The fraction of sp³-hybridized carbons (Fsp3) is 0.500. The molecule has 0 aliphatic carbocycles. The van der Waals surface area contributed by atoms with E-state index < -0.39 is 6.03 Å². The number of aromatic nitrogens is 2. The average Bonchev–Trinajstić information content (AvgIpc) is 2.82. The number of carbonyl (C=O) groups is 1. The van der Waals surface area contributed by atoms with Crippen molar-refractivity contribution in [2.45, 2.75) is 31.8 Å². The molecule has 1 aromatic heterocycles. The minimum atomic E-state index is -0.395. The topological polar surface area (TPSA) is 112 Å². The van der Waals surface area contributed by atoms with E-state index in [-0.39, 0.29) is 16.7 Å². The number of primary amides is 1. The molecule has 3 heterocycles. The summed E-state index contributed by atoms with van der Waals surface area (Å²) in [5, 5.41) is 7.62. The molecule has 4 rings (SSSR count). The molecule has 2 saturated heterocycles. The first-order valence-electron chi connectivity index (χ1n) is 10.9. The number of hydrogen-bond donors (Lipinski definition) is 2. The molecule has 0 unspecified atom stereocenters. The molecular weight excluding hydrogens is 434 g/mol. The predicted molar refractivity (Wildman–Crippen MR) is 122 cm³/mol. The third kappa shape index (κ3) is 5.34. The van der Waals surface area contributed by atoms with Crippen LogP contribution in [-0.2, 0) is 4.74 Å². The van der Waals surface area contributed by atoms with Gasteiger partial charge in [0.2, 0.25) is 0 Å². The van der Waals surface area contributed by atoms with Gasteiger partial charge in [-0.3, -0.25) is 4.79 Å². The highest BCUT2D eigenvalue weighted by Gasteiger charge is 2.22. The van der Waals surface area contributed by atoms with E-state index in [2.05, 4.69) is 10.4 Å². The molecule has 9 nitrogen and oxygen atoms in total. The normalized spacial score (nSPS) is 19.5. The smallest absolute Gasteiger partial charge is 0.314 e. The Balaban J connectivity index is 1.37. The van der Waals surface area contributed by atoms with Crippen molar-refractivity contribution in [2.24, 2.45) is 11.7 Å². The lowest BCUT2D eigenvalue weighted by Gasteiger charge is -2.31. The van der Waals surface area contributed by atoms with E-state index in [4.69, 9.17) is 26.8 Å². The van der Waals surface area contributed by atoms with Gasteiger partial charge in [0.05, 0.1) is 24.2 Å². The van der Waals surface area contributed by atoms with E-state index in [0.717, 1.165) is 32.3 Å². The summed E-state index contributed by atoms with van der Waals surface area (Å²) in [5.41, 5.74) is 6.05. The first-order chi connectivity index (χ1) is 15.5. The van der Waals surface area contributed by atoms with Crippen molar-refractivity contribution < 1.29 is 14.3 Å². The summed E-state index contributed by atoms with van der Waals surface area (Å²) < 4.78 is 12.8. The summed E-state index contributed by atoms with van der Waals surface area (Å²) in [7, 11) is 0. The van der Waals surface area contributed by atoms with E-state index in [1.54, 1.807) is 35.4 Å². The Morgan fingerprint density at radius 3 is 2.66 bits per heavy atom. The molecule has 10 heteroatoms. The predicted octanol–water partition coefficient (Wildman–Crippen LogP) is 2.65. The van der Waals surface area contributed by atoms with Crippen LogP contribution in [0.2, 0.25) is 5.02 Å². The number of piperidine rings is 1. The number of anilines is 1. The summed E-state index contributed by atoms with van der Waals surface area (Å²) in [6.07, 6.45) is 5.18. The molecule has 0 saturated carbocycles. The van der Waals surface area contributed by atoms with Crippen molar-refractivity contribution in [3.8, 4) is 11.4 Å². The van der Waals surface area contributed by atoms with Gasteiger partial charge in [-0.25, -0.2) is 4.79 Å². The van der Waals surface area contributed by atoms with E-state index in [1.807, 2.05) is 0 Å². The lowest BCUT2D eigenvalue weighted by Crippen LogP contribution is -2.44. The largest absolute Gasteiger partial charge is 0.490 e. The van der Waals surface area contributed by atoms with Crippen LogP contribution in [0.5, 0.6) is 5.75 Å². The zero-order chi connectivity index (χ0) is 22.5. The number of rotatable bonds is 6. The number of nitrogens with one attached hydrogen (secondary N) is 1. The maximum Gasteiger partial charge on any atom is 0.314 e. The molecule has 0 bridgehead atoms. The summed E-state index contributed by atoms with van der Waals surface area (Å²) >= 11 is 6.33. The number of nitrogens with two attached hydrogens (primary N) is 1. The van der Waals surface area contributed by atoms with Crippen molar-refractivity contribution in [3.63, 3.8) is 0 Å². The van der Waals surface area contributed by atoms with Gasteiger partial charge in [0, 0.05) is 39.1 Å². The van der Waals surface area contributed by atoms with Crippen molar-refractivity contribution in [1.29, 1.82) is 0 Å². The second kappa shape index (κ2) is 10.2. The quantitative estimate of drug-likeness (QED) is 0.684. The fourth-order valence-electron chi connectivity index (χ4n) is 4.02. The molecule has 0 spiro atoms. The van der Waals surface area contributed by atoms with Crippen LogP contribution in [0.4, 0.5) is 10.5 Å². The van der Waals surface area contributed by atoms with Gasteiger partial charge in [0.15, 0.2) is 0 Å². The number of nitrogens with zero attached hydrogens (tertiary/aromatic N) is 3. The molecule has 2 aliphatic rings. The van der Waals surface area contributed by atoms with E-state index >= 15 is 0 Å². The standard InChI is InChI=1S/C22H28ClN5O4/c23-20-19(25-12-15-2-1-11-31-14-15)13-26-28(21(20)29)16-3-5-17(6-4-16)32-18-7-9-27(10-8-18)22(24)30/h3-6,13,15,18,25H,1-2,7-12,14H2,(H2,24,30)/t15-/m0/s1. The summed E-state index contributed by atoms with van der Waals surface area (Å²) in [6, 6.07) is 6.74. The van der Waals surface area contributed by atoms with Gasteiger partial charge in [-0.15, -0.1) is 0 Å². The third-order valence-electron chi connectivity index (χ3n) is 5.89. The van der Waals surface area contributed by atoms with Crippen LogP contribution < -0.4 is 21.3 Å². The summed E-state index contributed by atoms with van der Waals surface area (Å²) in [6.45, 7) is 3.39. The number of benzene rings is 1. The zero-order valence-corrected chi connectivity index (χ0v) is 18.6. The van der Waals surface area contributed by atoms with Crippen molar-refractivity contribution in [1.82, 2.24) is 14.7 Å². The molecule has 32 heavy (non-hydrogen) atoms. The van der Waals surface area contributed by atoms with Crippen LogP contribution >= 0.6 is 11.6 Å². The Bertz CT molecular complexity index is 983. The van der Waals surface area contributed by atoms with Gasteiger partial charge in [-0.05, 0) is 43.0 Å². The first kappa shape index (κ1) is 22.4. The second-order valence-electron chi connectivity index (χ2n) is 8.19. The highest BCUT2D eigenvalue weighted by Crippen LogP contribution is 2.22. The highest BCUT2D eigenvalue weighted by atomic mass is 35.5. The monoisotopic (exact) mass is 461 g/mol. The number of likely N-dealkylation sites (tertiary alicyclic amines) is 1. The number of carbonyl (C=O) groups excluding carboxylic acids is 1. The van der Waals surface area contributed by atoms with Crippen LogP contribution in [0.25, 0.3) is 5.69 Å². The summed E-state index contributed by atoms with van der Waals surface area (Å²) in [4.78, 5) is 25.6. The summed E-state index contributed by atoms with van der Waals surface area (Å²) in [5.74, 6) is 1.09. The SMILES string of the molecule is NC(=O)N1CCC(Oc2ccc(-n3ncc(NC[C@@H]4CCCOC4)c(Cl)c3=O)cc2)CC1. The van der Waals surface area contributed by atoms with E-state index in [0.29, 0.717) is 49.3 Å². The van der Waals surface area contributed by atoms with Gasteiger partial charge in [-0.2, -0.15) is 9.78 Å². The molecule has 1 atom stereocenters. The van der Waals surface area contributed by atoms with Crippen molar-refractivity contribution >= 4 is 23.3 Å². The Hall–Kier alpha value is -2.78. The number of hydrogen-bond acceptors (Lipinski definition) is 6. The van der Waals surface area contributed by atoms with E-state index in [9.17, 15) is 9.59 Å². The zero-order valence-electron chi connectivity index (χ0n) is 17.8. The maximum atomic E-state index is 12.8. The van der Waals surface area contributed by atoms with Crippen LogP contribution in [0.3, 0.4) is 0 Å². The van der Waals surface area contributed by atoms with E-state index in [1.165, 1.54) is 4.68 Å². The van der Waals surface area contributed by atoms with Gasteiger partial charge in [0.1, 0.15) is 16.9 Å². The minimum absolute atomic E-state index is 0.0201. The number of urea groups is 1. The lowest BCUT2D eigenvalue weighted by atomic mass is 10.0. The molecule has 1 aromatic carbocycles. The Morgan fingerprint density at radius 1 is 1.25 bits per heavy atom. The number of amides is 2. The van der Waals surface area contributed by atoms with Crippen molar-refractivity contribution in [3.05, 3.63) is 45.8 Å². The fourth-order valence-corrected chi connectivity index (χ4v) is 4.21. The Labute approximate surface area is 191 Å². The van der Waals surface area contributed by atoms with Gasteiger partial charge in [-0.1, -0.05) is 11.6 Å². The van der Waals surface area contributed by atoms with Crippen LogP contribution in [-0.4, -0.2) is 59.7 Å². The van der Waals surface area contributed by atoms with Gasteiger partial charge in [0.25, 0.3) is 5.56 Å². The molecule has 2 fully saturated rings. The molecule has 2 amide bonds. The molecule has 3 N–H and O–H groups in total. The number of halogens is 1. The minimum Gasteiger partial charge on any atom is -0.490 e. The van der Waals surface area contributed by atoms with Crippen LogP contribution in [0.1, 0.15) is 25.7 Å². The molecule has 172 valence electrons. The first-order valence-corrected chi connectivity index (χ1v) is 11.3. The third-order valence-corrected chi connectivity index (χ3v) is 6.26. The molecule has 2 aliphatic heterocycles. The van der Waals surface area contributed by atoms with Crippen molar-refractivity contribution in [2.75, 3.05) is 38.2 Å². The van der Waals surface area contributed by atoms with Crippen LogP contribution in [0.15, 0.2) is 35.3 Å². The van der Waals surface area contributed by atoms with Gasteiger partial charge < -0.3 is 25.4 Å². The van der Waals surface area contributed by atoms with Gasteiger partial charge >= 0.3 is 6.03 Å². The lowest BCUT2D eigenvalue weighted by molar-refractivity contribution is 0.0595. The van der Waals surface area contributed by atoms with Crippen LogP contribution in [0, 0.1) is 5.92 Å². The average molecular weight is 462 g/mol.